The van der Waals surface area contributed by atoms with Crippen LogP contribution in [0.3, 0.4) is 0 Å². The molecule has 0 aromatic rings. The van der Waals surface area contributed by atoms with Crippen LogP contribution in [-0.2, 0) is 19.2 Å². The monoisotopic (exact) mass is 582 g/mol. The lowest BCUT2D eigenvalue weighted by Gasteiger charge is -2.49. The van der Waals surface area contributed by atoms with Crippen molar-refractivity contribution in [3.63, 3.8) is 0 Å². The molecule has 4 atom stereocenters. The molecule has 0 aromatic carbocycles. The summed E-state index contributed by atoms with van der Waals surface area (Å²) >= 11 is 0. The molecule has 0 aromatic heterocycles. The number of nitrogens with one attached hydrogen (secondary N) is 2. The molecule has 4 unspecified atom stereocenters. The van der Waals surface area contributed by atoms with E-state index in [0.717, 1.165) is 4.90 Å². The van der Waals surface area contributed by atoms with E-state index in [2.05, 4.69) is 10.6 Å². The first-order chi connectivity index (χ1) is 18.4. The molecule has 0 aliphatic heterocycles. The zero-order valence-corrected chi connectivity index (χ0v) is 23.4. The zero-order valence-electron chi connectivity index (χ0n) is 23.4. The fraction of sp³-hybridized carbons (Fsp3) is 0.833. The third-order valence-electron chi connectivity index (χ3n) is 6.04. The molecular formula is C24H46N4O12. The summed E-state index contributed by atoms with van der Waals surface area (Å²) in [4.78, 5) is 48.8. The Bertz CT molecular complexity index is 761. The molecule has 40 heavy (non-hydrogen) atoms. The van der Waals surface area contributed by atoms with E-state index < -0.39 is 65.9 Å². The van der Waals surface area contributed by atoms with E-state index in [-0.39, 0.29) is 58.7 Å². The average Bonchev–Trinajstić information content (AvgIpc) is 2.75. The number of β-amino-alcohol motifs (C(OH)–C–C–N with tert-alkyl or cyclic N) is 2. The molecule has 0 saturated carbocycles. The highest BCUT2D eigenvalue weighted by Crippen LogP contribution is 2.31. The fourth-order valence-corrected chi connectivity index (χ4v) is 4.80. The topological polar surface area (TPSA) is 261 Å². The number of hydrogen-bond donors (Lipinski definition) is 10. The van der Waals surface area contributed by atoms with Gasteiger partial charge in [0.1, 0.15) is 0 Å². The SMILES string of the molecule is CC(O)CN(CC(C)O)C(CC(C)O)(CC(C)O)CN(CCNCCNC(C(=O)O)C(=O)O)C(C(=O)O)C(=O)O. The normalized spacial score (nSPS) is 16.6. The van der Waals surface area contributed by atoms with Crippen LogP contribution >= 0.6 is 0 Å². The summed E-state index contributed by atoms with van der Waals surface area (Å²) in [6.07, 6.45) is -3.91. The first kappa shape index (κ1) is 37.6. The van der Waals surface area contributed by atoms with Gasteiger partial charge in [-0.2, -0.15) is 0 Å². The van der Waals surface area contributed by atoms with Gasteiger partial charge in [-0.25, -0.2) is 19.2 Å². The number of carboxylic acid groups (broad SMARTS) is 4. The number of nitrogens with zero attached hydrogens (tertiary/aromatic N) is 2. The summed E-state index contributed by atoms with van der Waals surface area (Å²) in [7, 11) is 0. The van der Waals surface area contributed by atoms with Crippen molar-refractivity contribution >= 4 is 23.9 Å². The van der Waals surface area contributed by atoms with Gasteiger partial charge in [0.15, 0.2) is 0 Å². The first-order valence-electron chi connectivity index (χ1n) is 13.0. The van der Waals surface area contributed by atoms with Crippen molar-refractivity contribution in [1.29, 1.82) is 0 Å². The number of aliphatic hydroxyl groups is 4. The Labute approximate surface area is 233 Å². The molecular weight excluding hydrogens is 536 g/mol. The maximum Gasteiger partial charge on any atom is 0.332 e. The van der Waals surface area contributed by atoms with E-state index in [0.29, 0.717) is 0 Å². The van der Waals surface area contributed by atoms with E-state index in [1.54, 1.807) is 4.90 Å². The second-order valence-electron chi connectivity index (χ2n) is 10.3. The fourth-order valence-electron chi connectivity index (χ4n) is 4.80. The molecule has 10 N–H and O–H groups in total. The van der Waals surface area contributed by atoms with Crippen molar-refractivity contribution in [2.45, 2.75) is 82.6 Å². The minimum atomic E-state index is -2.02. The summed E-state index contributed by atoms with van der Waals surface area (Å²) in [6, 6.07) is -3.84. The molecule has 16 nitrogen and oxygen atoms in total. The smallest absolute Gasteiger partial charge is 0.332 e. The van der Waals surface area contributed by atoms with Gasteiger partial charge < -0.3 is 46.2 Å². The third-order valence-corrected chi connectivity index (χ3v) is 6.04. The van der Waals surface area contributed by atoms with Crippen molar-refractivity contribution < 1.29 is 60.0 Å². The minimum Gasteiger partial charge on any atom is -0.480 e. The Morgan fingerprint density at radius 3 is 1.48 bits per heavy atom. The molecule has 0 aliphatic carbocycles. The highest BCUT2D eigenvalue weighted by molar-refractivity contribution is 5.97. The van der Waals surface area contributed by atoms with Crippen LogP contribution in [0.15, 0.2) is 0 Å². The number of carbonyl (C=O) groups is 4. The second kappa shape index (κ2) is 18.1. The van der Waals surface area contributed by atoms with Gasteiger partial charge in [0.25, 0.3) is 0 Å². The molecule has 0 aliphatic rings. The van der Waals surface area contributed by atoms with Crippen LogP contribution < -0.4 is 10.6 Å². The molecule has 0 radical (unpaired) electrons. The van der Waals surface area contributed by atoms with Gasteiger partial charge in [0.2, 0.25) is 12.1 Å². The molecule has 0 rings (SSSR count). The van der Waals surface area contributed by atoms with Crippen molar-refractivity contribution in [3.05, 3.63) is 0 Å². The van der Waals surface area contributed by atoms with E-state index in [1.807, 2.05) is 0 Å². The van der Waals surface area contributed by atoms with Crippen molar-refractivity contribution in [2.24, 2.45) is 0 Å². The van der Waals surface area contributed by atoms with E-state index in [4.69, 9.17) is 10.2 Å². The van der Waals surface area contributed by atoms with Gasteiger partial charge in [-0.05, 0) is 40.5 Å². The number of aliphatic hydroxyl groups excluding tert-OH is 4. The van der Waals surface area contributed by atoms with Gasteiger partial charge in [-0.15, -0.1) is 0 Å². The lowest BCUT2D eigenvalue weighted by atomic mass is 9.83. The molecule has 0 fully saturated rings. The standard InChI is InChI=1S/C24H46N4O12/c1-14(29)9-24(10-15(2)30,28(11-16(3)31)12-17(4)32)13-27(19(22(37)38)23(39)40)8-7-25-5-6-26-18(20(33)34)21(35)36/h14-19,25-26,29-32H,5-13H2,1-4H3,(H,33,34)(H,35,36)(H,37,38)(H,39,40). The Balaban J connectivity index is 6.17. The Hall–Kier alpha value is -2.44. The molecule has 16 heteroatoms. The average molecular weight is 583 g/mol. The van der Waals surface area contributed by atoms with E-state index in [9.17, 15) is 49.8 Å². The van der Waals surface area contributed by atoms with Gasteiger partial charge in [0.05, 0.1) is 24.4 Å². The lowest BCUT2D eigenvalue weighted by Crippen LogP contribution is -2.64. The molecule has 234 valence electrons. The summed E-state index contributed by atoms with van der Waals surface area (Å²) in [5.74, 6) is -6.45. The van der Waals surface area contributed by atoms with Crippen LogP contribution in [0.1, 0.15) is 40.5 Å². The van der Waals surface area contributed by atoms with Crippen LogP contribution in [0.25, 0.3) is 0 Å². The first-order valence-corrected chi connectivity index (χ1v) is 13.0. The third kappa shape index (κ3) is 13.8. The molecule has 0 saturated heterocycles. The van der Waals surface area contributed by atoms with Crippen molar-refractivity contribution in [3.8, 4) is 0 Å². The Morgan fingerprint density at radius 1 is 0.675 bits per heavy atom. The molecule has 0 spiro atoms. The number of aliphatic carboxylic acids is 4. The van der Waals surface area contributed by atoms with Crippen LogP contribution in [0.4, 0.5) is 0 Å². The van der Waals surface area contributed by atoms with Gasteiger partial charge >= 0.3 is 23.9 Å². The summed E-state index contributed by atoms with van der Waals surface area (Å²) < 4.78 is 0. The highest BCUT2D eigenvalue weighted by Gasteiger charge is 2.44. The van der Waals surface area contributed by atoms with Crippen LogP contribution in [-0.4, -0.2) is 162 Å². The molecule has 0 bridgehead atoms. The van der Waals surface area contributed by atoms with Crippen molar-refractivity contribution in [2.75, 3.05) is 45.8 Å². The predicted octanol–water partition coefficient (Wildman–Crippen LogP) is -3.11. The summed E-state index contributed by atoms with van der Waals surface area (Å²) in [5, 5.41) is 83.7. The number of carboxylic acids is 4. The van der Waals surface area contributed by atoms with E-state index >= 15 is 0 Å². The molecule has 0 amide bonds. The quantitative estimate of drug-likeness (QED) is 0.0422. The number of rotatable bonds is 23. The van der Waals surface area contributed by atoms with Gasteiger partial charge in [-0.1, -0.05) is 0 Å². The Morgan fingerprint density at radius 2 is 1.12 bits per heavy atom. The maximum atomic E-state index is 12.0. The number of hydrogen-bond acceptors (Lipinski definition) is 12. The summed E-state index contributed by atoms with van der Waals surface area (Å²) in [5.41, 5.74) is -1.28. The van der Waals surface area contributed by atoms with Gasteiger partial charge in [0, 0.05) is 51.4 Å². The van der Waals surface area contributed by atoms with Crippen molar-refractivity contribution in [1.82, 2.24) is 20.4 Å². The maximum absolute atomic E-state index is 12.0. The zero-order chi connectivity index (χ0) is 31.2. The van der Waals surface area contributed by atoms with E-state index in [1.165, 1.54) is 27.7 Å². The predicted molar refractivity (Wildman–Crippen MR) is 141 cm³/mol. The largest absolute Gasteiger partial charge is 0.480 e. The minimum absolute atomic E-state index is 0.00971. The van der Waals surface area contributed by atoms with Gasteiger partial charge in [-0.3, -0.25) is 15.1 Å². The van der Waals surface area contributed by atoms with Crippen LogP contribution in [0, 0.1) is 0 Å². The lowest BCUT2D eigenvalue weighted by molar-refractivity contribution is -0.159. The highest BCUT2D eigenvalue weighted by atomic mass is 16.4. The van der Waals surface area contributed by atoms with Crippen LogP contribution in [0.2, 0.25) is 0 Å². The Kier molecular flexibility index (Phi) is 17.0. The van der Waals surface area contributed by atoms with Crippen LogP contribution in [0.5, 0.6) is 0 Å². The molecule has 0 heterocycles. The summed E-state index contributed by atoms with van der Waals surface area (Å²) in [6.45, 7) is 5.45. The second-order valence-corrected chi connectivity index (χ2v) is 10.3.